The molecule has 1 aromatic carbocycles. The Morgan fingerprint density at radius 3 is 2.53 bits per heavy atom. The first kappa shape index (κ1) is 11.8. The van der Waals surface area contributed by atoms with E-state index in [-0.39, 0.29) is 22.2 Å². The number of halogens is 4. The van der Waals surface area contributed by atoms with Crippen LogP contribution >= 0.6 is 11.6 Å². The largest absolute Gasteiger partial charge is 0.416 e. The van der Waals surface area contributed by atoms with Crippen LogP contribution < -0.4 is 5.73 Å². The highest BCUT2D eigenvalue weighted by atomic mass is 35.5. The molecule has 0 spiro atoms. The molecule has 0 unspecified atom stereocenters. The van der Waals surface area contributed by atoms with Gasteiger partial charge in [-0.15, -0.1) is 0 Å². The van der Waals surface area contributed by atoms with Gasteiger partial charge in [0.25, 0.3) is 0 Å². The Morgan fingerprint density at radius 2 is 2.00 bits per heavy atom. The first-order chi connectivity index (χ1) is 7.89. The van der Waals surface area contributed by atoms with E-state index in [4.69, 9.17) is 21.9 Å². The number of benzene rings is 1. The molecular formula is C10H6ClF3N2O. The minimum absolute atomic E-state index is 0.0194. The lowest BCUT2D eigenvalue weighted by molar-refractivity contribution is -0.137. The van der Waals surface area contributed by atoms with Gasteiger partial charge in [0.2, 0.25) is 0 Å². The van der Waals surface area contributed by atoms with Gasteiger partial charge in [0.15, 0.2) is 10.9 Å². The minimum Gasteiger partial charge on any atom is -0.393 e. The minimum atomic E-state index is -4.42. The number of nitrogens with zero attached hydrogens (tertiary/aromatic N) is 1. The van der Waals surface area contributed by atoms with E-state index in [1.54, 1.807) is 0 Å². The monoisotopic (exact) mass is 262 g/mol. The molecule has 2 N–H and O–H groups in total. The highest BCUT2D eigenvalue weighted by molar-refractivity contribution is 6.32. The van der Waals surface area contributed by atoms with Crippen molar-refractivity contribution in [2.75, 3.05) is 5.73 Å². The van der Waals surface area contributed by atoms with Crippen molar-refractivity contribution >= 4 is 17.3 Å². The molecule has 0 aliphatic heterocycles. The maximum Gasteiger partial charge on any atom is 0.416 e. The Kier molecular flexibility index (Phi) is 2.74. The second kappa shape index (κ2) is 3.96. The molecular weight excluding hydrogens is 257 g/mol. The third-order valence-electron chi connectivity index (χ3n) is 2.14. The maximum atomic E-state index is 12.5. The van der Waals surface area contributed by atoms with Crippen LogP contribution in [0, 0.1) is 0 Å². The average molecular weight is 263 g/mol. The zero-order valence-corrected chi connectivity index (χ0v) is 9.01. The quantitative estimate of drug-likeness (QED) is 0.854. The summed E-state index contributed by atoms with van der Waals surface area (Å²) in [6.45, 7) is 0. The molecule has 0 bridgehead atoms. The molecule has 1 heterocycles. The molecule has 0 aliphatic rings. The van der Waals surface area contributed by atoms with Gasteiger partial charge in [-0.3, -0.25) is 0 Å². The third-order valence-corrected chi connectivity index (χ3v) is 2.41. The van der Waals surface area contributed by atoms with Crippen LogP contribution in [0.5, 0.6) is 0 Å². The van der Waals surface area contributed by atoms with Crippen LogP contribution in [0.1, 0.15) is 5.56 Å². The van der Waals surface area contributed by atoms with Crippen molar-refractivity contribution in [3.05, 3.63) is 35.0 Å². The number of aromatic nitrogens is 1. The zero-order valence-electron chi connectivity index (χ0n) is 8.25. The highest BCUT2D eigenvalue weighted by Crippen LogP contribution is 2.35. The predicted octanol–water partition coefficient (Wildman–Crippen LogP) is 3.60. The molecule has 7 heteroatoms. The number of hydrogen-bond donors (Lipinski definition) is 1. The summed E-state index contributed by atoms with van der Waals surface area (Å²) in [5.41, 5.74) is 4.93. The lowest BCUT2D eigenvalue weighted by atomic mass is 10.1. The molecule has 2 rings (SSSR count). The molecule has 0 radical (unpaired) electrons. The van der Waals surface area contributed by atoms with E-state index in [9.17, 15) is 13.2 Å². The van der Waals surface area contributed by atoms with Crippen LogP contribution in [0.2, 0.25) is 5.15 Å². The number of rotatable bonds is 1. The summed E-state index contributed by atoms with van der Waals surface area (Å²) >= 11 is 5.56. The molecule has 0 fully saturated rings. The molecule has 0 saturated heterocycles. The van der Waals surface area contributed by atoms with Gasteiger partial charge in [-0.05, 0) is 12.1 Å². The number of nitrogens with two attached hydrogens (primary N) is 1. The maximum absolute atomic E-state index is 12.5. The van der Waals surface area contributed by atoms with E-state index in [1.807, 2.05) is 0 Å². The Balaban J connectivity index is 2.51. The van der Waals surface area contributed by atoms with Gasteiger partial charge in [0, 0.05) is 5.56 Å². The Bertz CT molecular complexity index is 551. The van der Waals surface area contributed by atoms with Gasteiger partial charge in [-0.25, -0.2) is 0 Å². The molecule has 1 aromatic heterocycles. The molecule has 3 nitrogen and oxygen atoms in total. The van der Waals surface area contributed by atoms with E-state index in [0.29, 0.717) is 0 Å². The van der Waals surface area contributed by atoms with Crippen molar-refractivity contribution in [3.63, 3.8) is 0 Å². The van der Waals surface area contributed by atoms with Gasteiger partial charge in [0.05, 0.1) is 5.56 Å². The fraction of sp³-hybridized carbons (Fsp3) is 0.100. The van der Waals surface area contributed by atoms with Crippen molar-refractivity contribution in [3.8, 4) is 11.3 Å². The second-order valence-corrected chi connectivity index (χ2v) is 3.65. The van der Waals surface area contributed by atoms with E-state index in [1.165, 1.54) is 12.1 Å². The van der Waals surface area contributed by atoms with Crippen LogP contribution in [-0.2, 0) is 6.18 Å². The fourth-order valence-corrected chi connectivity index (χ4v) is 1.44. The van der Waals surface area contributed by atoms with E-state index in [0.717, 1.165) is 12.1 Å². The number of alkyl halides is 3. The molecule has 0 saturated carbocycles. The summed E-state index contributed by atoms with van der Waals surface area (Å²) in [6.07, 6.45) is -4.42. The van der Waals surface area contributed by atoms with Crippen molar-refractivity contribution in [2.45, 2.75) is 6.18 Å². The van der Waals surface area contributed by atoms with Crippen molar-refractivity contribution in [1.82, 2.24) is 5.16 Å². The highest BCUT2D eigenvalue weighted by Gasteiger charge is 2.31. The van der Waals surface area contributed by atoms with Gasteiger partial charge >= 0.3 is 6.18 Å². The Labute approximate surface area is 99.0 Å². The third kappa shape index (κ3) is 2.21. The lowest BCUT2D eigenvalue weighted by Crippen LogP contribution is -2.04. The summed E-state index contributed by atoms with van der Waals surface area (Å²) < 4.78 is 42.2. The standard InChI is InChI=1S/C10H6ClF3N2O/c11-9-7(15)8(17-16-9)5-2-1-3-6(4-5)10(12,13)14/h1-4H,15H2. The molecule has 17 heavy (non-hydrogen) atoms. The van der Waals surface area contributed by atoms with Crippen LogP contribution in [0.15, 0.2) is 28.8 Å². The van der Waals surface area contributed by atoms with Crippen molar-refractivity contribution in [1.29, 1.82) is 0 Å². The Hall–Kier alpha value is -1.69. The van der Waals surface area contributed by atoms with Gasteiger partial charge in [-0.2, -0.15) is 13.2 Å². The average Bonchev–Trinajstić information content (AvgIpc) is 2.59. The summed E-state index contributed by atoms with van der Waals surface area (Å²) in [5.74, 6) is 0.0288. The summed E-state index contributed by atoms with van der Waals surface area (Å²) in [4.78, 5) is 0. The molecule has 0 aliphatic carbocycles. The van der Waals surface area contributed by atoms with Crippen LogP contribution in [-0.4, -0.2) is 5.16 Å². The summed E-state index contributed by atoms with van der Waals surface area (Å²) in [5, 5.41) is 3.30. The Morgan fingerprint density at radius 1 is 1.29 bits per heavy atom. The number of nitrogen functional groups attached to an aromatic ring is 1. The number of anilines is 1. The first-order valence-corrected chi connectivity index (χ1v) is 4.85. The van der Waals surface area contributed by atoms with E-state index in [2.05, 4.69) is 5.16 Å². The SMILES string of the molecule is Nc1c(Cl)noc1-c1cccc(C(F)(F)F)c1. The van der Waals surface area contributed by atoms with Gasteiger partial charge in [0.1, 0.15) is 5.69 Å². The van der Waals surface area contributed by atoms with Gasteiger partial charge < -0.3 is 10.3 Å². The second-order valence-electron chi connectivity index (χ2n) is 3.29. The van der Waals surface area contributed by atoms with Crippen LogP contribution in [0.4, 0.5) is 18.9 Å². The van der Waals surface area contributed by atoms with Gasteiger partial charge in [-0.1, -0.05) is 28.9 Å². The van der Waals surface area contributed by atoms with E-state index >= 15 is 0 Å². The predicted molar refractivity (Wildman–Crippen MR) is 56.4 cm³/mol. The lowest BCUT2D eigenvalue weighted by Gasteiger charge is -2.07. The summed E-state index contributed by atoms with van der Waals surface area (Å²) in [7, 11) is 0. The molecule has 90 valence electrons. The first-order valence-electron chi connectivity index (χ1n) is 4.48. The van der Waals surface area contributed by atoms with Crippen LogP contribution in [0.3, 0.4) is 0 Å². The summed E-state index contributed by atoms with van der Waals surface area (Å²) in [6, 6.07) is 4.57. The molecule has 0 amide bonds. The van der Waals surface area contributed by atoms with Crippen molar-refractivity contribution < 1.29 is 17.7 Å². The van der Waals surface area contributed by atoms with Crippen LogP contribution in [0.25, 0.3) is 11.3 Å². The number of hydrogen-bond acceptors (Lipinski definition) is 3. The molecule has 2 aromatic rings. The fourth-order valence-electron chi connectivity index (χ4n) is 1.32. The topological polar surface area (TPSA) is 52.0 Å². The molecule has 0 atom stereocenters. The van der Waals surface area contributed by atoms with Crippen molar-refractivity contribution in [2.24, 2.45) is 0 Å². The normalized spacial score (nSPS) is 11.8. The van der Waals surface area contributed by atoms with E-state index < -0.39 is 11.7 Å². The smallest absolute Gasteiger partial charge is 0.393 e. The zero-order chi connectivity index (χ0) is 12.6.